The van der Waals surface area contributed by atoms with Crippen LogP contribution in [0.3, 0.4) is 0 Å². The van der Waals surface area contributed by atoms with E-state index in [0.29, 0.717) is 13.0 Å². The lowest BCUT2D eigenvalue weighted by Crippen LogP contribution is -2.62. The van der Waals surface area contributed by atoms with Crippen LogP contribution < -0.4 is 21.3 Å². The van der Waals surface area contributed by atoms with Crippen LogP contribution in [0.5, 0.6) is 0 Å². The highest BCUT2D eigenvalue weighted by Gasteiger charge is 2.52. The van der Waals surface area contributed by atoms with Crippen molar-refractivity contribution in [3.8, 4) is 0 Å². The summed E-state index contributed by atoms with van der Waals surface area (Å²) in [5, 5.41) is 11.4. The van der Waals surface area contributed by atoms with E-state index in [1.54, 1.807) is 29.4 Å². The highest BCUT2D eigenvalue weighted by molar-refractivity contribution is 6.38. The van der Waals surface area contributed by atoms with Gasteiger partial charge in [-0.25, -0.2) is 4.98 Å². The molecule has 1 aliphatic heterocycles. The fourth-order valence-electron chi connectivity index (χ4n) is 8.16. The fraction of sp³-hybridized carbons (Fsp3) is 0.615. The van der Waals surface area contributed by atoms with Crippen LogP contribution in [0.4, 0.5) is 0 Å². The number of Topliss-reactive ketones (excluding diaryl/α,β-unsaturated/α-hetero) is 1. The zero-order valence-corrected chi connectivity index (χ0v) is 31.3. The molecule has 0 aromatic carbocycles. The first kappa shape index (κ1) is 39.5. The van der Waals surface area contributed by atoms with E-state index >= 15 is 0 Å². The molecule has 6 atom stereocenters. The second-order valence-corrected chi connectivity index (χ2v) is 15.8. The first-order valence-corrected chi connectivity index (χ1v) is 19.1. The van der Waals surface area contributed by atoms with Gasteiger partial charge in [-0.3, -0.25) is 38.7 Å². The average molecular weight is 731 g/mol. The van der Waals surface area contributed by atoms with Crippen molar-refractivity contribution in [1.29, 1.82) is 0 Å². The molecule has 0 radical (unpaired) electrons. The lowest BCUT2D eigenvalue weighted by atomic mass is 9.82. The number of nitrogens with one attached hydrogen (secondary N) is 4. The van der Waals surface area contributed by atoms with Crippen LogP contribution in [-0.4, -0.2) is 85.9 Å². The van der Waals surface area contributed by atoms with E-state index in [1.807, 2.05) is 27.7 Å². The number of amides is 5. The van der Waals surface area contributed by atoms with E-state index in [9.17, 15) is 28.8 Å². The van der Waals surface area contributed by atoms with Crippen molar-refractivity contribution in [3.05, 3.63) is 54.4 Å². The van der Waals surface area contributed by atoms with Crippen molar-refractivity contribution in [1.82, 2.24) is 41.1 Å². The summed E-state index contributed by atoms with van der Waals surface area (Å²) in [6.07, 6.45) is 15.2. The predicted molar refractivity (Wildman–Crippen MR) is 196 cm³/mol. The summed E-state index contributed by atoms with van der Waals surface area (Å²) in [7, 11) is 0. The molecule has 3 fully saturated rings. The number of pyridine rings is 1. The molecule has 14 heteroatoms. The maximum Gasteiger partial charge on any atom is 0.289 e. The molecular weight excluding hydrogens is 676 g/mol. The quantitative estimate of drug-likeness (QED) is 0.212. The van der Waals surface area contributed by atoms with Crippen molar-refractivity contribution >= 4 is 35.3 Å². The van der Waals surface area contributed by atoms with Gasteiger partial charge in [0, 0.05) is 37.9 Å². The molecule has 5 rings (SSSR count). The standard InChI is InChI=1S/C39H54N8O6/c1-5-11-28(32(48)37(52)43-21-24-12-10-17-40-20-24)44-36(51)31-27-16-9-15-26(27)23-47(31)38(53)33(39(2,3)4)46-35(50)30(25-13-7-6-8-14-25)45-34(49)29-22-41-18-19-42-29/h10,12,17-20,22,25-28,30-31,33H,5-9,11,13-16,21,23H2,1-4H3,(H,43,52)(H,44,51)(H,45,49)(H,46,50)/t26-,27-,28+,30+,31-,33+/m0/s1. The molecule has 0 bridgehead atoms. The van der Waals surface area contributed by atoms with Crippen LogP contribution in [0.2, 0.25) is 0 Å². The highest BCUT2D eigenvalue weighted by Crippen LogP contribution is 2.43. The Bertz CT molecular complexity index is 1610. The summed E-state index contributed by atoms with van der Waals surface area (Å²) >= 11 is 0. The van der Waals surface area contributed by atoms with Gasteiger partial charge in [-0.15, -0.1) is 0 Å². The molecule has 0 spiro atoms. The number of ketones is 1. The lowest BCUT2D eigenvalue weighted by molar-refractivity contribution is -0.146. The lowest BCUT2D eigenvalue weighted by Gasteiger charge is -2.38. The van der Waals surface area contributed by atoms with E-state index in [2.05, 4.69) is 36.2 Å². The topological polar surface area (TPSA) is 192 Å². The Balaban J connectivity index is 1.34. The minimum absolute atomic E-state index is 0.0906. The predicted octanol–water partition coefficient (Wildman–Crippen LogP) is 2.88. The van der Waals surface area contributed by atoms with Crippen molar-refractivity contribution < 1.29 is 28.8 Å². The van der Waals surface area contributed by atoms with Crippen molar-refractivity contribution in [2.75, 3.05) is 6.54 Å². The van der Waals surface area contributed by atoms with E-state index in [0.717, 1.165) is 56.9 Å². The Labute approximate surface area is 311 Å². The first-order chi connectivity index (χ1) is 25.4. The van der Waals surface area contributed by atoms with E-state index in [1.165, 1.54) is 18.6 Å². The smallest absolute Gasteiger partial charge is 0.289 e. The number of hydrogen-bond donors (Lipinski definition) is 4. The molecule has 4 N–H and O–H groups in total. The third-order valence-electron chi connectivity index (χ3n) is 10.9. The van der Waals surface area contributed by atoms with Gasteiger partial charge in [0.15, 0.2) is 0 Å². The Hall–Kier alpha value is -4.75. The van der Waals surface area contributed by atoms with Gasteiger partial charge in [0.2, 0.25) is 23.5 Å². The van der Waals surface area contributed by atoms with Crippen molar-refractivity contribution in [2.24, 2.45) is 23.2 Å². The number of carbonyl (C=O) groups is 6. The third kappa shape index (κ3) is 9.82. The van der Waals surface area contributed by atoms with Gasteiger partial charge < -0.3 is 26.2 Å². The molecule has 14 nitrogen and oxygen atoms in total. The van der Waals surface area contributed by atoms with Gasteiger partial charge in [0.25, 0.3) is 11.8 Å². The zero-order chi connectivity index (χ0) is 38.1. The summed E-state index contributed by atoms with van der Waals surface area (Å²) < 4.78 is 0. The molecule has 53 heavy (non-hydrogen) atoms. The largest absolute Gasteiger partial charge is 0.345 e. The second kappa shape index (κ2) is 17.8. The SMILES string of the molecule is CCC[C@@H](NC(=O)[C@@H]1[C@H]2CCC[C@H]2CN1C(=O)[C@@H](NC(=O)[C@H](NC(=O)c1cnccn1)C1CCCCC1)C(C)(C)C)C(=O)C(=O)NCc1cccnc1. The molecule has 5 amide bonds. The molecular formula is C39H54N8O6. The summed E-state index contributed by atoms with van der Waals surface area (Å²) in [6, 6.07) is -0.330. The molecule has 286 valence electrons. The Morgan fingerprint density at radius 3 is 2.30 bits per heavy atom. The number of likely N-dealkylation sites (tertiary alicyclic amines) is 1. The Morgan fingerprint density at radius 2 is 1.64 bits per heavy atom. The van der Waals surface area contributed by atoms with E-state index < -0.39 is 64.9 Å². The molecule has 2 saturated carbocycles. The molecule has 2 aromatic heterocycles. The zero-order valence-electron chi connectivity index (χ0n) is 31.3. The average Bonchev–Trinajstić information content (AvgIpc) is 3.77. The van der Waals surface area contributed by atoms with Crippen LogP contribution in [0, 0.1) is 23.2 Å². The minimum Gasteiger partial charge on any atom is -0.345 e. The second-order valence-electron chi connectivity index (χ2n) is 15.8. The van der Waals surface area contributed by atoms with Crippen molar-refractivity contribution in [2.45, 2.75) is 123 Å². The number of carbonyl (C=O) groups excluding carboxylic acids is 6. The first-order valence-electron chi connectivity index (χ1n) is 19.1. The molecule has 1 saturated heterocycles. The van der Waals surface area contributed by atoms with Gasteiger partial charge in [-0.2, -0.15) is 0 Å². The van der Waals surface area contributed by atoms with Crippen LogP contribution in [0.15, 0.2) is 43.1 Å². The summed E-state index contributed by atoms with van der Waals surface area (Å²) in [5.41, 5.74) is 0.0632. The fourth-order valence-corrected chi connectivity index (χ4v) is 8.16. The number of nitrogens with zero attached hydrogens (tertiary/aromatic N) is 4. The monoisotopic (exact) mass is 730 g/mol. The van der Waals surface area contributed by atoms with Crippen LogP contribution in [0.25, 0.3) is 0 Å². The van der Waals surface area contributed by atoms with Crippen LogP contribution >= 0.6 is 0 Å². The number of fused-ring (bicyclic) bond motifs is 1. The van der Waals surface area contributed by atoms with Gasteiger partial charge >= 0.3 is 0 Å². The number of rotatable bonds is 14. The molecule has 3 aliphatic rings. The molecule has 0 unspecified atom stereocenters. The number of hydrogen-bond acceptors (Lipinski definition) is 9. The van der Waals surface area contributed by atoms with Crippen molar-refractivity contribution in [3.63, 3.8) is 0 Å². The van der Waals surface area contributed by atoms with Crippen LogP contribution in [0.1, 0.15) is 108 Å². The van der Waals surface area contributed by atoms with Gasteiger partial charge in [0.1, 0.15) is 23.8 Å². The van der Waals surface area contributed by atoms with Crippen LogP contribution in [-0.2, 0) is 30.5 Å². The summed E-state index contributed by atoms with van der Waals surface area (Å²) in [4.78, 5) is 96.3. The number of aromatic nitrogens is 3. The van der Waals surface area contributed by atoms with Gasteiger partial charge in [-0.05, 0) is 66.9 Å². The summed E-state index contributed by atoms with van der Waals surface area (Å²) in [6.45, 7) is 7.90. The Morgan fingerprint density at radius 1 is 0.887 bits per heavy atom. The van der Waals surface area contributed by atoms with Gasteiger partial charge in [0.05, 0.1) is 12.2 Å². The maximum absolute atomic E-state index is 14.7. The minimum atomic E-state index is -1.06. The molecule has 2 aliphatic carbocycles. The van der Waals surface area contributed by atoms with E-state index in [-0.39, 0.29) is 36.4 Å². The Kier molecular flexibility index (Phi) is 13.3. The maximum atomic E-state index is 14.7. The van der Waals surface area contributed by atoms with Gasteiger partial charge in [-0.1, -0.05) is 65.9 Å². The third-order valence-corrected chi connectivity index (χ3v) is 10.9. The molecule has 2 aromatic rings. The highest BCUT2D eigenvalue weighted by atomic mass is 16.2. The normalized spacial score (nSPS) is 21.8. The van der Waals surface area contributed by atoms with E-state index in [4.69, 9.17) is 0 Å². The summed E-state index contributed by atoms with van der Waals surface area (Å²) in [5.74, 6) is -3.56. The molecule has 3 heterocycles.